The van der Waals surface area contributed by atoms with Gasteiger partial charge in [0.15, 0.2) is 0 Å². The summed E-state index contributed by atoms with van der Waals surface area (Å²) in [4.78, 5) is 0. The van der Waals surface area contributed by atoms with Crippen molar-refractivity contribution in [2.45, 2.75) is 0 Å². The lowest BCUT2D eigenvalue weighted by atomic mass is 10.2. The number of hydrogen-bond donors (Lipinski definition) is 1. The van der Waals surface area contributed by atoms with E-state index in [1.807, 2.05) is 0 Å². The van der Waals surface area contributed by atoms with E-state index in [1.54, 1.807) is 12.1 Å². The predicted molar refractivity (Wildman–Crippen MR) is 38.2 cm³/mol. The standard InChI is InChI=1S/C8H7FO/c9-6-5-7-1-3-8(10)4-2-7/h1-6,10H. The normalized spacial score (nSPS) is 10.5. The van der Waals surface area contributed by atoms with Crippen LogP contribution in [-0.2, 0) is 0 Å². The molecule has 0 amide bonds. The summed E-state index contributed by atoms with van der Waals surface area (Å²) in [5, 5.41) is 8.81. The second-order valence-corrected chi connectivity index (χ2v) is 1.88. The molecule has 1 aromatic carbocycles. The summed E-state index contributed by atoms with van der Waals surface area (Å²) in [5.41, 5.74) is 0.736. The minimum absolute atomic E-state index is 0.191. The zero-order valence-electron chi connectivity index (χ0n) is 5.29. The Hall–Kier alpha value is -1.31. The van der Waals surface area contributed by atoms with Crippen LogP contribution in [-0.4, -0.2) is 5.11 Å². The van der Waals surface area contributed by atoms with Crippen LogP contribution in [0.25, 0.3) is 6.08 Å². The molecule has 0 spiro atoms. The van der Waals surface area contributed by atoms with E-state index in [0.717, 1.165) is 5.56 Å². The fourth-order valence-corrected chi connectivity index (χ4v) is 0.658. The molecule has 0 saturated heterocycles. The lowest BCUT2D eigenvalue weighted by molar-refractivity contribution is 0.475. The molecule has 0 aromatic heterocycles. The third-order valence-corrected chi connectivity index (χ3v) is 1.15. The van der Waals surface area contributed by atoms with Crippen molar-refractivity contribution in [3.8, 4) is 5.75 Å². The van der Waals surface area contributed by atoms with E-state index in [-0.39, 0.29) is 5.75 Å². The second-order valence-electron chi connectivity index (χ2n) is 1.88. The minimum Gasteiger partial charge on any atom is -0.508 e. The van der Waals surface area contributed by atoms with Gasteiger partial charge in [-0.3, -0.25) is 0 Å². The van der Waals surface area contributed by atoms with Gasteiger partial charge in [0.05, 0.1) is 6.33 Å². The zero-order chi connectivity index (χ0) is 7.40. The van der Waals surface area contributed by atoms with Crippen molar-refractivity contribution in [1.29, 1.82) is 0 Å². The summed E-state index contributed by atoms with van der Waals surface area (Å²) < 4.78 is 11.5. The molecule has 0 radical (unpaired) electrons. The second kappa shape index (κ2) is 3.01. The number of phenolic OH excluding ortho intramolecular Hbond substituents is 1. The molecule has 1 rings (SSSR count). The van der Waals surface area contributed by atoms with Crippen molar-refractivity contribution >= 4 is 6.08 Å². The maximum atomic E-state index is 11.5. The first-order chi connectivity index (χ1) is 4.83. The van der Waals surface area contributed by atoms with Crippen LogP contribution in [0.15, 0.2) is 30.6 Å². The highest BCUT2D eigenvalue weighted by Crippen LogP contribution is 2.10. The molecule has 0 heterocycles. The van der Waals surface area contributed by atoms with Crippen LogP contribution >= 0.6 is 0 Å². The maximum Gasteiger partial charge on any atom is 0.115 e. The molecule has 1 nitrogen and oxygen atoms in total. The van der Waals surface area contributed by atoms with Crippen molar-refractivity contribution < 1.29 is 9.50 Å². The van der Waals surface area contributed by atoms with Gasteiger partial charge in [0.1, 0.15) is 5.75 Å². The molecule has 0 aliphatic carbocycles. The Kier molecular flexibility index (Phi) is 2.05. The number of rotatable bonds is 1. The van der Waals surface area contributed by atoms with E-state index >= 15 is 0 Å². The van der Waals surface area contributed by atoms with Crippen LogP contribution < -0.4 is 0 Å². The molecule has 0 aliphatic rings. The molecular formula is C8H7FO. The molecule has 52 valence electrons. The summed E-state index contributed by atoms with van der Waals surface area (Å²) in [7, 11) is 0. The summed E-state index contributed by atoms with van der Waals surface area (Å²) in [5.74, 6) is 0.191. The van der Waals surface area contributed by atoms with Gasteiger partial charge in [-0.15, -0.1) is 0 Å². The van der Waals surface area contributed by atoms with Gasteiger partial charge in [0.25, 0.3) is 0 Å². The molecule has 0 bridgehead atoms. The number of benzene rings is 1. The highest BCUT2D eigenvalue weighted by atomic mass is 19.1. The Bertz CT molecular complexity index is 226. The van der Waals surface area contributed by atoms with E-state index in [1.165, 1.54) is 18.2 Å². The van der Waals surface area contributed by atoms with Gasteiger partial charge in [0.2, 0.25) is 0 Å². The lowest BCUT2D eigenvalue weighted by Gasteiger charge is -1.91. The van der Waals surface area contributed by atoms with Crippen LogP contribution in [0.4, 0.5) is 4.39 Å². The first-order valence-electron chi connectivity index (χ1n) is 2.89. The van der Waals surface area contributed by atoms with Gasteiger partial charge in [-0.05, 0) is 23.8 Å². The summed E-state index contributed by atoms with van der Waals surface area (Å²) in [6.07, 6.45) is 1.78. The maximum absolute atomic E-state index is 11.5. The van der Waals surface area contributed by atoms with Crippen LogP contribution in [0.3, 0.4) is 0 Å². The van der Waals surface area contributed by atoms with Crippen LogP contribution in [0.2, 0.25) is 0 Å². The van der Waals surface area contributed by atoms with E-state index in [2.05, 4.69) is 0 Å². The van der Waals surface area contributed by atoms with Gasteiger partial charge in [-0.1, -0.05) is 12.1 Å². The average Bonchev–Trinajstić information content (AvgIpc) is 1.95. The Morgan fingerprint density at radius 3 is 2.30 bits per heavy atom. The van der Waals surface area contributed by atoms with E-state index in [4.69, 9.17) is 5.11 Å². The van der Waals surface area contributed by atoms with Crippen molar-refractivity contribution in [1.82, 2.24) is 0 Å². The minimum atomic E-state index is 0.191. The molecule has 0 saturated carbocycles. The first kappa shape index (κ1) is 6.81. The van der Waals surface area contributed by atoms with E-state index < -0.39 is 0 Å². The summed E-state index contributed by atoms with van der Waals surface area (Å²) in [6, 6.07) is 6.28. The molecule has 0 atom stereocenters. The Labute approximate surface area is 58.4 Å². The van der Waals surface area contributed by atoms with Crippen LogP contribution in [0.5, 0.6) is 5.75 Å². The van der Waals surface area contributed by atoms with E-state index in [9.17, 15) is 4.39 Å². The number of halogens is 1. The smallest absolute Gasteiger partial charge is 0.115 e. The summed E-state index contributed by atoms with van der Waals surface area (Å²) >= 11 is 0. The molecule has 0 fully saturated rings. The van der Waals surface area contributed by atoms with E-state index in [0.29, 0.717) is 6.33 Å². The fraction of sp³-hybridized carbons (Fsp3) is 0. The van der Waals surface area contributed by atoms with Crippen molar-refractivity contribution in [2.24, 2.45) is 0 Å². The third kappa shape index (κ3) is 1.58. The Morgan fingerprint density at radius 1 is 1.20 bits per heavy atom. The average molecular weight is 138 g/mol. The first-order valence-corrected chi connectivity index (χ1v) is 2.89. The molecule has 1 N–H and O–H groups in total. The van der Waals surface area contributed by atoms with Gasteiger partial charge < -0.3 is 5.11 Å². The molecular weight excluding hydrogens is 131 g/mol. The molecule has 0 unspecified atom stereocenters. The quantitative estimate of drug-likeness (QED) is 0.631. The van der Waals surface area contributed by atoms with Gasteiger partial charge in [-0.2, -0.15) is 0 Å². The Morgan fingerprint density at radius 2 is 1.80 bits per heavy atom. The zero-order valence-corrected chi connectivity index (χ0v) is 5.29. The molecule has 0 aliphatic heterocycles. The highest BCUT2D eigenvalue weighted by molar-refractivity contribution is 5.49. The topological polar surface area (TPSA) is 20.2 Å². The highest BCUT2D eigenvalue weighted by Gasteiger charge is 1.85. The monoisotopic (exact) mass is 138 g/mol. The molecule has 10 heavy (non-hydrogen) atoms. The fourth-order valence-electron chi connectivity index (χ4n) is 0.658. The van der Waals surface area contributed by atoms with Crippen molar-refractivity contribution in [3.63, 3.8) is 0 Å². The van der Waals surface area contributed by atoms with Crippen LogP contribution in [0, 0.1) is 0 Å². The number of phenols is 1. The SMILES string of the molecule is Oc1ccc(C=CF)cc1. The third-order valence-electron chi connectivity index (χ3n) is 1.15. The lowest BCUT2D eigenvalue weighted by Crippen LogP contribution is -1.68. The Balaban J connectivity index is 2.89. The van der Waals surface area contributed by atoms with Gasteiger partial charge in [0, 0.05) is 0 Å². The largest absolute Gasteiger partial charge is 0.508 e. The molecule has 2 heteroatoms. The molecule has 1 aromatic rings. The van der Waals surface area contributed by atoms with Crippen LogP contribution in [0.1, 0.15) is 5.56 Å². The van der Waals surface area contributed by atoms with Gasteiger partial charge in [-0.25, -0.2) is 4.39 Å². The predicted octanol–water partition coefficient (Wildman–Crippen LogP) is 2.33. The van der Waals surface area contributed by atoms with Crippen molar-refractivity contribution in [2.75, 3.05) is 0 Å². The van der Waals surface area contributed by atoms with Gasteiger partial charge >= 0.3 is 0 Å². The van der Waals surface area contributed by atoms with Crippen molar-refractivity contribution in [3.05, 3.63) is 36.2 Å². The number of aromatic hydroxyl groups is 1. The summed E-state index contributed by atoms with van der Waals surface area (Å²) in [6.45, 7) is 0. The number of hydrogen-bond acceptors (Lipinski definition) is 1.